The molecular weight excluding hydrogens is 380 g/mol. The first-order valence-corrected chi connectivity index (χ1v) is 10.0. The predicted octanol–water partition coefficient (Wildman–Crippen LogP) is 3.40. The fourth-order valence-corrected chi connectivity index (χ4v) is 3.49. The zero-order valence-corrected chi connectivity index (χ0v) is 16.7. The molecule has 3 aromatic rings. The maximum atomic E-state index is 12.1. The summed E-state index contributed by atoms with van der Waals surface area (Å²) >= 11 is 0. The van der Waals surface area contributed by atoms with Crippen molar-refractivity contribution < 1.29 is 19.1 Å². The van der Waals surface area contributed by atoms with E-state index in [9.17, 15) is 9.59 Å². The summed E-state index contributed by atoms with van der Waals surface area (Å²) in [5, 5.41) is 4.95. The lowest BCUT2D eigenvalue weighted by atomic mass is 10.1. The third-order valence-corrected chi connectivity index (χ3v) is 5.05. The molecule has 154 valence electrons. The monoisotopic (exact) mass is 404 g/mol. The van der Waals surface area contributed by atoms with Crippen molar-refractivity contribution in [3.8, 4) is 0 Å². The first kappa shape index (κ1) is 19.9. The minimum absolute atomic E-state index is 0.131. The van der Waals surface area contributed by atoms with Crippen LogP contribution in [0.3, 0.4) is 0 Å². The molecule has 4 rings (SSSR count). The molecule has 1 N–H and O–H groups in total. The molecule has 3 aromatic carbocycles. The number of hydrogen-bond donors (Lipinski definition) is 1. The highest BCUT2D eigenvalue weighted by Gasteiger charge is 2.12. The van der Waals surface area contributed by atoms with E-state index < -0.39 is 5.97 Å². The van der Waals surface area contributed by atoms with Gasteiger partial charge in [-0.25, -0.2) is 0 Å². The van der Waals surface area contributed by atoms with Crippen LogP contribution < -0.4 is 10.2 Å². The number of benzene rings is 3. The SMILES string of the molecule is O=C(COC(=O)Cc1ccc2ccccc2c1)Nc1ccc(N2CCOCC2)cc1. The minimum atomic E-state index is -0.428. The van der Waals surface area contributed by atoms with Gasteiger partial charge in [-0.05, 0) is 40.6 Å². The van der Waals surface area contributed by atoms with E-state index >= 15 is 0 Å². The van der Waals surface area contributed by atoms with Crippen molar-refractivity contribution in [1.29, 1.82) is 0 Å². The minimum Gasteiger partial charge on any atom is -0.455 e. The van der Waals surface area contributed by atoms with Gasteiger partial charge in [0.1, 0.15) is 0 Å². The lowest BCUT2D eigenvalue weighted by Gasteiger charge is -2.28. The molecule has 1 aliphatic heterocycles. The second-order valence-electron chi connectivity index (χ2n) is 7.21. The standard InChI is InChI=1S/C24H24N2O4/c27-23(25-21-7-9-22(10-8-21)26-11-13-29-14-12-26)17-30-24(28)16-18-5-6-19-3-1-2-4-20(19)15-18/h1-10,15H,11-14,16-17H2,(H,25,27). The number of fused-ring (bicyclic) bond motifs is 1. The highest BCUT2D eigenvalue weighted by molar-refractivity contribution is 5.93. The van der Waals surface area contributed by atoms with E-state index in [-0.39, 0.29) is 18.9 Å². The van der Waals surface area contributed by atoms with Gasteiger partial charge in [-0.1, -0.05) is 42.5 Å². The Hall–Kier alpha value is -3.38. The van der Waals surface area contributed by atoms with Crippen LogP contribution in [0.25, 0.3) is 10.8 Å². The van der Waals surface area contributed by atoms with Crippen LogP contribution in [-0.2, 0) is 25.5 Å². The second kappa shape index (κ2) is 9.41. The van der Waals surface area contributed by atoms with Crippen molar-refractivity contribution in [1.82, 2.24) is 0 Å². The normalized spacial score (nSPS) is 13.8. The first-order valence-electron chi connectivity index (χ1n) is 10.0. The topological polar surface area (TPSA) is 67.9 Å². The molecule has 0 aromatic heterocycles. The molecule has 0 atom stereocenters. The summed E-state index contributed by atoms with van der Waals surface area (Å²) in [6.45, 7) is 2.86. The van der Waals surface area contributed by atoms with Gasteiger partial charge in [0.15, 0.2) is 6.61 Å². The summed E-state index contributed by atoms with van der Waals surface area (Å²) in [7, 11) is 0. The Balaban J connectivity index is 1.25. The Morgan fingerprint density at radius 2 is 1.67 bits per heavy atom. The van der Waals surface area contributed by atoms with Crippen LogP contribution in [0.15, 0.2) is 66.7 Å². The molecular formula is C24H24N2O4. The van der Waals surface area contributed by atoms with Crippen molar-refractivity contribution in [3.63, 3.8) is 0 Å². The lowest BCUT2D eigenvalue weighted by molar-refractivity contribution is -0.146. The van der Waals surface area contributed by atoms with Gasteiger partial charge in [0.2, 0.25) is 0 Å². The number of hydrogen-bond acceptors (Lipinski definition) is 5. The Bertz CT molecular complexity index is 1030. The molecule has 6 nitrogen and oxygen atoms in total. The molecule has 1 saturated heterocycles. The maximum Gasteiger partial charge on any atom is 0.310 e. The van der Waals surface area contributed by atoms with E-state index in [1.54, 1.807) is 0 Å². The number of carbonyl (C=O) groups is 2. The molecule has 0 spiro atoms. The molecule has 1 heterocycles. The zero-order valence-electron chi connectivity index (χ0n) is 16.7. The van der Waals surface area contributed by atoms with E-state index in [0.29, 0.717) is 5.69 Å². The Morgan fingerprint density at radius 1 is 0.933 bits per heavy atom. The van der Waals surface area contributed by atoms with Crippen LogP contribution in [0, 0.1) is 0 Å². The van der Waals surface area contributed by atoms with Gasteiger partial charge >= 0.3 is 5.97 Å². The van der Waals surface area contributed by atoms with Gasteiger partial charge in [-0.3, -0.25) is 9.59 Å². The van der Waals surface area contributed by atoms with Crippen LogP contribution in [-0.4, -0.2) is 44.8 Å². The number of ether oxygens (including phenoxy) is 2. The number of nitrogens with zero attached hydrogens (tertiary/aromatic N) is 1. The van der Waals surface area contributed by atoms with E-state index in [1.165, 1.54) is 0 Å². The molecule has 0 unspecified atom stereocenters. The van der Waals surface area contributed by atoms with Gasteiger partial charge in [0.25, 0.3) is 5.91 Å². The van der Waals surface area contributed by atoms with Crippen molar-refractivity contribution in [2.24, 2.45) is 0 Å². The fraction of sp³-hybridized carbons (Fsp3) is 0.250. The van der Waals surface area contributed by atoms with E-state index in [4.69, 9.17) is 9.47 Å². The number of anilines is 2. The van der Waals surface area contributed by atoms with Crippen LogP contribution in [0.2, 0.25) is 0 Å². The number of morpholine rings is 1. The average Bonchev–Trinajstić information content (AvgIpc) is 2.79. The second-order valence-corrected chi connectivity index (χ2v) is 7.21. The lowest BCUT2D eigenvalue weighted by Crippen LogP contribution is -2.36. The third-order valence-electron chi connectivity index (χ3n) is 5.05. The van der Waals surface area contributed by atoms with E-state index in [0.717, 1.165) is 48.3 Å². The summed E-state index contributed by atoms with van der Waals surface area (Å²) in [5.41, 5.74) is 2.62. The van der Waals surface area contributed by atoms with Crippen molar-refractivity contribution in [3.05, 3.63) is 72.3 Å². The Labute approximate surface area is 175 Å². The molecule has 1 fully saturated rings. The van der Waals surface area contributed by atoms with Crippen LogP contribution >= 0.6 is 0 Å². The third kappa shape index (κ3) is 5.15. The molecule has 6 heteroatoms. The van der Waals surface area contributed by atoms with Crippen molar-refractivity contribution >= 4 is 34.0 Å². The van der Waals surface area contributed by atoms with E-state index in [2.05, 4.69) is 10.2 Å². The predicted molar refractivity (Wildman–Crippen MR) is 117 cm³/mol. The maximum absolute atomic E-state index is 12.1. The van der Waals surface area contributed by atoms with Gasteiger partial charge in [-0.2, -0.15) is 0 Å². The molecule has 0 aliphatic carbocycles. The molecule has 1 amide bonds. The van der Waals surface area contributed by atoms with Crippen molar-refractivity contribution in [2.75, 3.05) is 43.1 Å². The number of esters is 1. The van der Waals surface area contributed by atoms with Crippen molar-refractivity contribution in [2.45, 2.75) is 6.42 Å². The van der Waals surface area contributed by atoms with Gasteiger partial charge in [0, 0.05) is 24.5 Å². The van der Waals surface area contributed by atoms with Gasteiger partial charge < -0.3 is 19.7 Å². The summed E-state index contributed by atoms with van der Waals surface area (Å²) in [5.74, 6) is -0.788. The molecule has 0 saturated carbocycles. The Kier molecular flexibility index (Phi) is 6.25. The number of amides is 1. The largest absolute Gasteiger partial charge is 0.455 e. The quantitative estimate of drug-likeness (QED) is 0.638. The number of rotatable bonds is 6. The number of nitrogens with one attached hydrogen (secondary N) is 1. The summed E-state index contributed by atoms with van der Waals surface area (Å²) < 4.78 is 10.5. The Morgan fingerprint density at radius 3 is 2.43 bits per heavy atom. The smallest absolute Gasteiger partial charge is 0.310 e. The first-order chi connectivity index (χ1) is 14.7. The summed E-state index contributed by atoms with van der Waals surface area (Å²) in [6.07, 6.45) is 0.131. The highest BCUT2D eigenvalue weighted by atomic mass is 16.5. The molecule has 0 radical (unpaired) electrons. The number of carbonyl (C=O) groups excluding carboxylic acids is 2. The highest BCUT2D eigenvalue weighted by Crippen LogP contribution is 2.19. The molecule has 30 heavy (non-hydrogen) atoms. The van der Waals surface area contributed by atoms with Crippen LogP contribution in [0.5, 0.6) is 0 Å². The van der Waals surface area contributed by atoms with Gasteiger partial charge in [0.05, 0.1) is 19.6 Å². The average molecular weight is 404 g/mol. The zero-order chi connectivity index (χ0) is 20.8. The van der Waals surface area contributed by atoms with Crippen LogP contribution in [0.4, 0.5) is 11.4 Å². The fourth-order valence-electron chi connectivity index (χ4n) is 3.49. The van der Waals surface area contributed by atoms with E-state index in [1.807, 2.05) is 66.7 Å². The molecule has 1 aliphatic rings. The molecule has 0 bridgehead atoms. The summed E-state index contributed by atoms with van der Waals surface area (Å²) in [4.78, 5) is 26.5. The van der Waals surface area contributed by atoms with Crippen LogP contribution in [0.1, 0.15) is 5.56 Å². The summed E-state index contributed by atoms with van der Waals surface area (Å²) in [6, 6.07) is 21.4. The van der Waals surface area contributed by atoms with Gasteiger partial charge in [-0.15, -0.1) is 0 Å².